The molecule has 0 fully saturated rings. The molecule has 96 valence electrons. The van der Waals surface area contributed by atoms with Gasteiger partial charge in [0.1, 0.15) is 0 Å². The third-order valence-corrected chi connectivity index (χ3v) is 3.70. The van der Waals surface area contributed by atoms with Crippen LogP contribution < -0.4 is 10.5 Å². The first-order valence-corrected chi connectivity index (χ1v) is 6.92. The van der Waals surface area contributed by atoms with Crippen molar-refractivity contribution in [1.82, 2.24) is 4.72 Å². The van der Waals surface area contributed by atoms with Gasteiger partial charge in [-0.25, -0.2) is 13.1 Å². The standard InChI is InChI=1S/C11H18N2O3S/c1-9-6-10(12)8-11(7-9)17(15,16)13-4-2-3-5-14/h6-8,13-14H,2-5,12H2,1H3. The summed E-state index contributed by atoms with van der Waals surface area (Å²) in [5, 5.41) is 8.59. The number of aliphatic hydroxyl groups is 1. The van der Waals surface area contributed by atoms with Crippen molar-refractivity contribution in [3.63, 3.8) is 0 Å². The molecule has 0 amide bonds. The second-order valence-corrected chi connectivity index (χ2v) is 5.67. The van der Waals surface area contributed by atoms with Crippen LogP contribution in [0.15, 0.2) is 23.1 Å². The summed E-state index contributed by atoms with van der Waals surface area (Å²) in [6, 6.07) is 4.72. The molecule has 0 aliphatic rings. The molecule has 0 bridgehead atoms. The molecule has 1 rings (SSSR count). The lowest BCUT2D eigenvalue weighted by Gasteiger charge is -2.08. The fraction of sp³-hybridized carbons (Fsp3) is 0.455. The largest absolute Gasteiger partial charge is 0.399 e. The SMILES string of the molecule is Cc1cc(N)cc(S(=O)(=O)NCCCCO)c1. The predicted octanol–water partition coefficient (Wildman–Crippen LogP) is 0.628. The number of benzene rings is 1. The molecule has 17 heavy (non-hydrogen) atoms. The number of nitrogens with two attached hydrogens (primary N) is 1. The Kier molecular flexibility index (Phi) is 4.92. The second-order valence-electron chi connectivity index (χ2n) is 3.91. The number of unbranched alkanes of at least 4 members (excludes halogenated alkanes) is 1. The zero-order valence-corrected chi connectivity index (χ0v) is 10.6. The van der Waals surface area contributed by atoms with Crippen LogP contribution in [-0.4, -0.2) is 26.7 Å². The van der Waals surface area contributed by atoms with E-state index in [-0.39, 0.29) is 11.5 Å². The van der Waals surface area contributed by atoms with E-state index in [0.29, 0.717) is 25.1 Å². The number of anilines is 1. The minimum Gasteiger partial charge on any atom is -0.399 e. The third kappa shape index (κ3) is 4.33. The number of sulfonamides is 1. The van der Waals surface area contributed by atoms with Gasteiger partial charge in [-0.15, -0.1) is 0 Å². The van der Waals surface area contributed by atoms with Crippen molar-refractivity contribution >= 4 is 15.7 Å². The molecule has 0 unspecified atom stereocenters. The summed E-state index contributed by atoms with van der Waals surface area (Å²) in [6.45, 7) is 2.18. The van der Waals surface area contributed by atoms with E-state index in [2.05, 4.69) is 4.72 Å². The van der Waals surface area contributed by atoms with Crippen LogP contribution in [0.4, 0.5) is 5.69 Å². The molecule has 0 aliphatic carbocycles. The minimum absolute atomic E-state index is 0.0686. The quantitative estimate of drug-likeness (QED) is 0.515. The molecule has 0 aliphatic heterocycles. The van der Waals surface area contributed by atoms with Crippen molar-refractivity contribution in [1.29, 1.82) is 0 Å². The molecular weight excluding hydrogens is 240 g/mol. The van der Waals surface area contributed by atoms with E-state index in [0.717, 1.165) is 5.56 Å². The highest BCUT2D eigenvalue weighted by molar-refractivity contribution is 7.89. The molecule has 0 aromatic heterocycles. The zero-order valence-electron chi connectivity index (χ0n) is 9.81. The van der Waals surface area contributed by atoms with Crippen LogP contribution in [0.25, 0.3) is 0 Å². The van der Waals surface area contributed by atoms with Crippen molar-refractivity contribution in [2.24, 2.45) is 0 Å². The van der Waals surface area contributed by atoms with Gasteiger partial charge in [-0.1, -0.05) is 0 Å². The monoisotopic (exact) mass is 258 g/mol. The zero-order chi connectivity index (χ0) is 12.9. The summed E-state index contributed by atoms with van der Waals surface area (Å²) in [4.78, 5) is 0.180. The van der Waals surface area contributed by atoms with Crippen molar-refractivity contribution in [3.8, 4) is 0 Å². The van der Waals surface area contributed by atoms with Crippen LogP contribution >= 0.6 is 0 Å². The highest BCUT2D eigenvalue weighted by Crippen LogP contribution is 2.15. The first-order chi connectivity index (χ1) is 7.95. The van der Waals surface area contributed by atoms with Gasteiger partial charge in [-0.2, -0.15) is 0 Å². The lowest BCUT2D eigenvalue weighted by Crippen LogP contribution is -2.25. The number of nitrogens with one attached hydrogen (secondary N) is 1. The summed E-state index contributed by atoms with van der Waals surface area (Å²) in [5.41, 5.74) is 6.84. The maximum Gasteiger partial charge on any atom is 0.240 e. The molecule has 1 aromatic rings. The molecule has 4 N–H and O–H groups in total. The van der Waals surface area contributed by atoms with Gasteiger partial charge < -0.3 is 10.8 Å². The molecule has 0 spiro atoms. The lowest BCUT2D eigenvalue weighted by molar-refractivity contribution is 0.285. The van der Waals surface area contributed by atoms with Crippen LogP contribution in [0.5, 0.6) is 0 Å². The Morgan fingerprint density at radius 1 is 1.29 bits per heavy atom. The highest BCUT2D eigenvalue weighted by Gasteiger charge is 2.13. The topological polar surface area (TPSA) is 92.4 Å². The van der Waals surface area contributed by atoms with E-state index in [9.17, 15) is 8.42 Å². The Bertz CT molecular complexity index is 451. The number of aliphatic hydroxyl groups excluding tert-OH is 1. The minimum atomic E-state index is -3.50. The van der Waals surface area contributed by atoms with E-state index >= 15 is 0 Å². The summed E-state index contributed by atoms with van der Waals surface area (Å²) in [6.07, 6.45) is 1.19. The fourth-order valence-electron chi connectivity index (χ4n) is 1.46. The van der Waals surface area contributed by atoms with Gasteiger partial charge in [-0.3, -0.25) is 0 Å². The molecule has 0 radical (unpaired) electrons. The summed E-state index contributed by atoms with van der Waals surface area (Å²) in [5.74, 6) is 0. The van der Waals surface area contributed by atoms with Crippen LogP contribution in [-0.2, 0) is 10.0 Å². The van der Waals surface area contributed by atoms with E-state index in [1.165, 1.54) is 6.07 Å². The number of hydrogen-bond acceptors (Lipinski definition) is 4. The van der Waals surface area contributed by atoms with Crippen LogP contribution in [0.3, 0.4) is 0 Å². The molecular formula is C11H18N2O3S. The summed E-state index contributed by atoms with van der Waals surface area (Å²) < 4.78 is 26.2. The van der Waals surface area contributed by atoms with Crippen molar-refractivity contribution < 1.29 is 13.5 Å². The number of nitrogen functional groups attached to an aromatic ring is 1. The molecule has 0 saturated heterocycles. The molecule has 5 nitrogen and oxygen atoms in total. The Hall–Kier alpha value is -1.11. The van der Waals surface area contributed by atoms with Gasteiger partial charge >= 0.3 is 0 Å². The molecule has 0 saturated carbocycles. The smallest absolute Gasteiger partial charge is 0.240 e. The van der Waals surface area contributed by atoms with Crippen LogP contribution in [0.2, 0.25) is 0 Å². The van der Waals surface area contributed by atoms with Gasteiger partial charge in [0.25, 0.3) is 0 Å². The normalized spacial score (nSPS) is 11.6. The predicted molar refractivity (Wildman–Crippen MR) is 67.1 cm³/mol. The number of rotatable bonds is 6. The first-order valence-electron chi connectivity index (χ1n) is 5.43. The van der Waals surface area contributed by atoms with Crippen LogP contribution in [0, 0.1) is 6.92 Å². The van der Waals surface area contributed by atoms with E-state index in [4.69, 9.17) is 10.8 Å². The third-order valence-electron chi connectivity index (χ3n) is 2.26. The van der Waals surface area contributed by atoms with E-state index < -0.39 is 10.0 Å². The number of aryl methyl sites for hydroxylation is 1. The molecule has 0 atom stereocenters. The van der Waals surface area contributed by atoms with Crippen molar-refractivity contribution in [2.45, 2.75) is 24.7 Å². The van der Waals surface area contributed by atoms with Gasteiger partial charge in [0, 0.05) is 18.8 Å². The average molecular weight is 258 g/mol. The Labute approximate surface area is 102 Å². The molecule has 6 heteroatoms. The van der Waals surface area contributed by atoms with Crippen molar-refractivity contribution in [2.75, 3.05) is 18.9 Å². The van der Waals surface area contributed by atoms with E-state index in [1.54, 1.807) is 19.1 Å². The van der Waals surface area contributed by atoms with Gasteiger partial charge in [0.15, 0.2) is 0 Å². The van der Waals surface area contributed by atoms with Gasteiger partial charge in [0.2, 0.25) is 10.0 Å². The van der Waals surface area contributed by atoms with Crippen LogP contribution in [0.1, 0.15) is 18.4 Å². The molecule has 0 heterocycles. The Morgan fingerprint density at radius 2 is 2.00 bits per heavy atom. The average Bonchev–Trinajstić information content (AvgIpc) is 2.23. The van der Waals surface area contributed by atoms with E-state index in [1.807, 2.05) is 0 Å². The second kappa shape index (κ2) is 6.00. The number of hydrogen-bond donors (Lipinski definition) is 3. The maximum atomic E-state index is 11.9. The summed E-state index contributed by atoms with van der Waals surface area (Å²) in [7, 11) is -3.50. The van der Waals surface area contributed by atoms with Gasteiger partial charge in [0.05, 0.1) is 4.90 Å². The lowest BCUT2D eigenvalue weighted by atomic mass is 10.2. The fourth-order valence-corrected chi connectivity index (χ4v) is 2.67. The van der Waals surface area contributed by atoms with Crippen molar-refractivity contribution in [3.05, 3.63) is 23.8 Å². The summed E-state index contributed by atoms with van der Waals surface area (Å²) >= 11 is 0. The Balaban J connectivity index is 2.75. The van der Waals surface area contributed by atoms with Gasteiger partial charge in [-0.05, 0) is 43.5 Å². The Morgan fingerprint density at radius 3 is 2.59 bits per heavy atom. The first kappa shape index (κ1) is 14.0. The highest BCUT2D eigenvalue weighted by atomic mass is 32.2. The maximum absolute atomic E-state index is 11.9. The molecule has 1 aromatic carbocycles.